The summed E-state index contributed by atoms with van der Waals surface area (Å²) >= 11 is 1.68. The third-order valence-corrected chi connectivity index (χ3v) is 4.24. The lowest BCUT2D eigenvalue weighted by atomic mass is 10.2. The highest BCUT2D eigenvalue weighted by Gasteiger charge is 2.04. The molecule has 1 heterocycles. The second-order valence-electron chi connectivity index (χ2n) is 4.61. The molecule has 1 nitrogen and oxygen atoms in total. The van der Waals surface area contributed by atoms with E-state index in [4.69, 9.17) is 0 Å². The van der Waals surface area contributed by atoms with Crippen LogP contribution in [0.4, 0.5) is 14.5 Å². The highest BCUT2D eigenvalue weighted by molar-refractivity contribution is 7.15. The summed E-state index contributed by atoms with van der Waals surface area (Å²) < 4.78 is 26.0. The highest BCUT2D eigenvalue weighted by Crippen LogP contribution is 2.28. The molecule has 0 fully saturated rings. The van der Waals surface area contributed by atoms with Crippen LogP contribution < -0.4 is 5.32 Å². The van der Waals surface area contributed by atoms with Crippen LogP contribution in [0.2, 0.25) is 0 Å². The first kappa shape index (κ1) is 13.8. The van der Waals surface area contributed by atoms with Crippen LogP contribution in [0.15, 0.2) is 60.7 Å². The zero-order chi connectivity index (χ0) is 14.7. The summed E-state index contributed by atoms with van der Waals surface area (Å²) in [6.45, 7) is 0.586. The fourth-order valence-electron chi connectivity index (χ4n) is 2.03. The molecule has 3 rings (SSSR count). The van der Waals surface area contributed by atoms with Crippen molar-refractivity contribution < 1.29 is 8.78 Å². The Kier molecular flexibility index (Phi) is 3.97. The molecule has 0 aliphatic rings. The van der Waals surface area contributed by atoms with Crippen LogP contribution in [0.3, 0.4) is 0 Å². The molecule has 1 N–H and O–H groups in total. The van der Waals surface area contributed by atoms with Gasteiger partial charge in [-0.2, -0.15) is 0 Å². The number of nitrogens with one attached hydrogen (secondary N) is 1. The van der Waals surface area contributed by atoms with Crippen molar-refractivity contribution in [1.82, 2.24) is 0 Å². The second-order valence-corrected chi connectivity index (χ2v) is 5.78. The summed E-state index contributed by atoms with van der Waals surface area (Å²) in [5, 5.41) is 3.10. The van der Waals surface area contributed by atoms with E-state index in [1.807, 2.05) is 24.3 Å². The lowest BCUT2D eigenvalue weighted by Gasteiger charge is -2.05. The van der Waals surface area contributed by atoms with Gasteiger partial charge in [-0.15, -0.1) is 11.3 Å². The smallest absolute Gasteiger partial charge is 0.160 e. The normalized spacial score (nSPS) is 10.6. The Labute approximate surface area is 125 Å². The van der Waals surface area contributed by atoms with Gasteiger partial charge in [0.15, 0.2) is 11.6 Å². The van der Waals surface area contributed by atoms with Crippen LogP contribution in [0.1, 0.15) is 4.88 Å². The highest BCUT2D eigenvalue weighted by atomic mass is 32.1. The number of benzene rings is 2. The third kappa shape index (κ3) is 3.28. The Morgan fingerprint density at radius 3 is 2.43 bits per heavy atom. The molecule has 0 amide bonds. The molecule has 106 valence electrons. The molecule has 1 aromatic heterocycles. The lowest BCUT2D eigenvalue weighted by Crippen LogP contribution is -1.98. The fraction of sp³-hybridized carbons (Fsp3) is 0.0588. The Balaban J connectivity index is 1.69. The molecular weight excluding hydrogens is 288 g/mol. The van der Waals surface area contributed by atoms with Crippen LogP contribution in [0.5, 0.6) is 0 Å². The van der Waals surface area contributed by atoms with E-state index in [1.165, 1.54) is 22.6 Å². The average molecular weight is 301 g/mol. The zero-order valence-corrected chi connectivity index (χ0v) is 12.0. The van der Waals surface area contributed by atoms with Crippen molar-refractivity contribution in [2.45, 2.75) is 6.54 Å². The van der Waals surface area contributed by atoms with E-state index in [9.17, 15) is 8.78 Å². The van der Waals surface area contributed by atoms with Crippen LogP contribution >= 0.6 is 11.3 Å². The predicted molar refractivity (Wildman–Crippen MR) is 83.4 cm³/mol. The average Bonchev–Trinajstić information content (AvgIpc) is 2.98. The third-order valence-electron chi connectivity index (χ3n) is 3.11. The van der Waals surface area contributed by atoms with E-state index in [0.717, 1.165) is 10.9 Å². The van der Waals surface area contributed by atoms with E-state index < -0.39 is 11.6 Å². The van der Waals surface area contributed by atoms with Crippen molar-refractivity contribution in [1.29, 1.82) is 0 Å². The maximum absolute atomic E-state index is 13.1. The van der Waals surface area contributed by atoms with Gasteiger partial charge in [0, 0.05) is 28.1 Å². The molecule has 3 aromatic rings. The minimum absolute atomic E-state index is 0.573. The standard InChI is InChI=1S/C17H13F2NS/c18-15-8-6-13(10-16(15)19)20-11-14-7-9-17(21-14)12-4-2-1-3-5-12/h1-10,20H,11H2. The molecule has 0 aliphatic carbocycles. The molecule has 0 unspecified atom stereocenters. The Morgan fingerprint density at radius 1 is 0.857 bits per heavy atom. The van der Waals surface area contributed by atoms with Gasteiger partial charge in [0.1, 0.15) is 0 Å². The first-order valence-electron chi connectivity index (χ1n) is 6.55. The van der Waals surface area contributed by atoms with E-state index in [2.05, 4.69) is 23.5 Å². The molecule has 2 aromatic carbocycles. The molecule has 21 heavy (non-hydrogen) atoms. The largest absolute Gasteiger partial charge is 0.380 e. The van der Waals surface area contributed by atoms with Crippen molar-refractivity contribution in [2.75, 3.05) is 5.32 Å². The summed E-state index contributed by atoms with van der Waals surface area (Å²) in [7, 11) is 0. The molecule has 0 bridgehead atoms. The van der Waals surface area contributed by atoms with Crippen molar-refractivity contribution in [3.05, 3.63) is 77.2 Å². The van der Waals surface area contributed by atoms with Crippen LogP contribution in [0, 0.1) is 11.6 Å². The number of halogens is 2. The second kappa shape index (κ2) is 6.06. The summed E-state index contributed by atoms with van der Waals surface area (Å²) in [5.74, 6) is -1.67. The summed E-state index contributed by atoms with van der Waals surface area (Å²) in [4.78, 5) is 2.33. The minimum atomic E-state index is -0.837. The van der Waals surface area contributed by atoms with Crippen LogP contribution in [-0.2, 0) is 6.54 Å². The molecule has 0 atom stereocenters. The first-order valence-corrected chi connectivity index (χ1v) is 7.37. The van der Waals surface area contributed by atoms with Gasteiger partial charge in [-0.3, -0.25) is 0 Å². The fourth-order valence-corrected chi connectivity index (χ4v) is 2.98. The lowest BCUT2D eigenvalue weighted by molar-refractivity contribution is 0.509. The molecule has 0 saturated heterocycles. The van der Waals surface area contributed by atoms with Gasteiger partial charge in [-0.05, 0) is 29.8 Å². The maximum atomic E-state index is 13.1. The summed E-state index contributed by atoms with van der Waals surface area (Å²) in [5.41, 5.74) is 1.75. The Morgan fingerprint density at radius 2 is 1.67 bits per heavy atom. The minimum Gasteiger partial charge on any atom is -0.380 e. The summed E-state index contributed by atoms with van der Waals surface area (Å²) in [6.07, 6.45) is 0. The first-order chi connectivity index (χ1) is 10.2. The Hall–Kier alpha value is -2.20. The molecule has 4 heteroatoms. The number of rotatable bonds is 4. The monoisotopic (exact) mass is 301 g/mol. The van der Waals surface area contributed by atoms with Gasteiger partial charge in [-0.1, -0.05) is 30.3 Å². The van der Waals surface area contributed by atoms with Gasteiger partial charge in [0.05, 0.1) is 0 Å². The van der Waals surface area contributed by atoms with Gasteiger partial charge >= 0.3 is 0 Å². The predicted octanol–water partition coefficient (Wildman–Crippen LogP) is 5.31. The van der Waals surface area contributed by atoms with E-state index in [0.29, 0.717) is 12.2 Å². The van der Waals surface area contributed by atoms with Crippen LogP contribution in [0.25, 0.3) is 10.4 Å². The van der Waals surface area contributed by atoms with Gasteiger partial charge in [-0.25, -0.2) is 8.78 Å². The summed E-state index contributed by atoms with van der Waals surface area (Å²) in [6, 6.07) is 18.1. The van der Waals surface area contributed by atoms with Crippen molar-refractivity contribution in [3.63, 3.8) is 0 Å². The molecule has 0 spiro atoms. The topological polar surface area (TPSA) is 12.0 Å². The van der Waals surface area contributed by atoms with Crippen LogP contribution in [-0.4, -0.2) is 0 Å². The maximum Gasteiger partial charge on any atom is 0.160 e. The quantitative estimate of drug-likeness (QED) is 0.689. The van der Waals surface area contributed by atoms with Gasteiger partial charge in [0.25, 0.3) is 0 Å². The SMILES string of the molecule is Fc1ccc(NCc2ccc(-c3ccccc3)s2)cc1F. The van der Waals surface area contributed by atoms with E-state index in [1.54, 1.807) is 11.3 Å². The van der Waals surface area contributed by atoms with Gasteiger partial charge < -0.3 is 5.32 Å². The molecule has 0 saturated carbocycles. The number of anilines is 1. The number of hydrogen-bond donors (Lipinski definition) is 1. The Bertz CT molecular complexity index is 738. The molecular formula is C17H13F2NS. The number of thiophene rings is 1. The molecule has 0 aliphatic heterocycles. The molecule has 0 radical (unpaired) electrons. The van der Waals surface area contributed by atoms with Gasteiger partial charge in [0.2, 0.25) is 0 Å². The van der Waals surface area contributed by atoms with E-state index in [-0.39, 0.29) is 0 Å². The van der Waals surface area contributed by atoms with Crippen molar-refractivity contribution in [2.24, 2.45) is 0 Å². The van der Waals surface area contributed by atoms with E-state index >= 15 is 0 Å². The zero-order valence-electron chi connectivity index (χ0n) is 11.1. The van der Waals surface area contributed by atoms with Crippen molar-refractivity contribution in [3.8, 4) is 10.4 Å². The van der Waals surface area contributed by atoms with Crippen molar-refractivity contribution >= 4 is 17.0 Å². The number of hydrogen-bond acceptors (Lipinski definition) is 2.